The van der Waals surface area contributed by atoms with Gasteiger partial charge in [-0.2, -0.15) is 0 Å². The van der Waals surface area contributed by atoms with Gasteiger partial charge in [0.25, 0.3) is 0 Å². The van der Waals surface area contributed by atoms with Gasteiger partial charge in [0.2, 0.25) is 0 Å². The number of hydrogen-bond acceptors (Lipinski definition) is 9. The molecule has 0 aliphatic carbocycles. The number of rotatable bonds is 43. The molecule has 3 atom stereocenters. The van der Waals surface area contributed by atoms with Gasteiger partial charge in [0.15, 0.2) is 6.10 Å². The predicted molar refractivity (Wildman–Crippen MR) is 224 cm³/mol. The van der Waals surface area contributed by atoms with Crippen LogP contribution < -0.4 is 0 Å². The highest BCUT2D eigenvalue weighted by molar-refractivity contribution is 7.47. The van der Waals surface area contributed by atoms with E-state index in [0.717, 1.165) is 44.9 Å². The number of esters is 2. The molecule has 11 heteroatoms. The molecule has 0 rings (SSSR count). The van der Waals surface area contributed by atoms with E-state index in [1.54, 1.807) is 0 Å². The molecule has 0 amide bonds. The third-order valence-electron chi connectivity index (χ3n) is 9.72. The molecule has 55 heavy (non-hydrogen) atoms. The topological polar surface area (TPSA) is 149 Å². The van der Waals surface area contributed by atoms with Crippen molar-refractivity contribution < 1.29 is 47.8 Å². The van der Waals surface area contributed by atoms with E-state index in [4.69, 9.17) is 23.6 Å². The summed E-state index contributed by atoms with van der Waals surface area (Å²) in [5, 5.41) is 18.3. The number of aliphatic hydroxyl groups excluding tert-OH is 2. The molecule has 324 valence electrons. The number of ether oxygens (including phenoxy) is 2. The van der Waals surface area contributed by atoms with Gasteiger partial charge >= 0.3 is 19.8 Å². The Morgan fingerprint density at radius 2 is 0.982 bits per heavy atom. The Kier molecular flexibility index (Phi) is 39.5. The molecule has 0 saturated heterocycles. The standard InChI is InChI=1S/C44H83O10P/c1-3-5-7-9-11-13-15-17-19-20-22-24-26-28-30-32-34-36-44(48)54-42(40-53-55(49,50)52-38-41(46)37-45)39-51-43(47)35-33-31-29-27-25-23-21-18-16-14-12-10-8-6-4-2/h4,13,15,41-42,45-46H,2-3,5-12,14,16-40H2,1H3,(H,49,50)/b15-13+/t41-,42+/m0/s1. The Labute approximate surface area is 336 Å². The summed E-state index contributed by atoms with van der Waals surface area (Å²) in [5.74, 6) is -0.923. The normalized spacial score (nSPS) is 13.8. The molecule has 0 heterocycles. The lowest BCUT2D eigenvalue weighted by atomic mass is 10.0. The first-order valence-electron chi connectivity index (χ1n) is 22.3. The van der Waals surface area contributed by atoms with Crippen molar-refractivity contribution in [3.8, 4) is 0 Å². The van der Waals surface area contributed by atoms with Gasteiger partial charge in [-0.05, 0) is 51.4 Å². The van der Waals surface area contributed by atoms with Crippen LogP contribution in [-0.2, 0) is 32.7 Å². The molecule has 0 aromatic heterocycles. The molecule has 0 radical (unpaired) electrons. The van der Waals surface area contributed by atoms with Crippen molar-refractivity contribution in [2.45, 2.75) is 218 Å². The van der Waals surface area contributed by atoms with Crippen LogP contribution in [0.1, 0.15) is 206 Å². The van der Waals surface area contributed by atoms with E-state index >= 15 is 0 Å². The summed E-state index contributed by atoms with van der Waals surface area (Å²) < 4.78 is 32.7. The molecule has 0 aromatic rings. The summed E-state index contributed by atoms with van der Waals surface area (Å²) in [4.78, 5) is 35.0. The zero-order valence-electron chi connectivity index (χ0n) is 35.0. The molecule has 0 spiro atoms. The molecular weight excluding hydrogens is 719 g/mol. The van der Waals surface area contributed by atoms with Crippen molar-refractivity contribution in [3.05, 3.63) is 24.8 Å². The van der Waals surface area contributed by atoms with Crippen LogP contribution in [-0.4, -0.2) is 65.7 Å². The number of carbonyl (C=O) groups excluding carboxylic acids is 2. The second-order valence-electron chi connectivity index (χ2n) is 15.2. The van der Waals surface area contributed by atoms with Gasteiger partial charge in [-0.3, -0.25) is 18.6 Å². The van der Waals surface area contributed by atoms with Crippen LogP contribution >= 0.6 is 7.82 Å². The fourth-order valence-electron chi connectivity index (χ4n) is 6.26. The first-order valence-corrected chi connectivity index (χ1v) is 23.7. The Hall–Kier alpha value is -1.55. The largest absolute Gasteiger partial charge is 0.472 e. The van der Waals surface area contributed by atoms with Crippen molar-refractivity contribution in [2.24, 2.45) is 0 Å². The van der Waals surface area contributed by atoms with Gasteiger partial charge in [0.05, 0.1) is 19.8 Å². The van der Waals surface area contributed by atoms with E-state index in [1.807, 2.05) is 6.08 Å². The third-order valence-corrected chi connectivity index (χ3v) is 10.7. The van der Waals surface area contributed by atoms with E-state index in [-0.39, 0.29) is 19.4 Å². The molecule has 0 bridgehead atoms. The van der Waals surface area contributed by atoms with E-state index in [1.165, 1.54) is 128 Å². The first-order chi connectivity index (χ1) is 26.7. The average molecular weight is 803 g/mol. The highest BCUT2D eigenvalue weighted by atomic mass is 31.2. The van der Waals surface area contributed by atoms with Gasteiger partial charge in [-0.1, -0.05) is 160 Å². The van der Waals surface area contributed by atoms with Crippen molar-refractivity contribution in [1.82, 2.24) is 0 Å². The molecule has 0 saturated carbocycles. The lowest BCUT2D eigenvalue weighted by molar-refractivity contribution is -0.161. The fraction of sp³-hybridized carbons (Fsp3) is 0.864. The summed E-state index contributed by atoms with van der Waals surface area (Å²) in [6.45, 7) is 3.91. The van der Waals surface area contributed by atoms with Crippen molar-refractivity contribution in [1.29, 1.82) is 0 Å². The summed E-state index contributed by atoms with van der Waals surface area (Å²) >= 11 is 0. The van der Waals surface area contributed by atoms with Crippen molar-refractivity contribution in [2.75, 3.05) is 26.4 Å². The van der Waals surface area contributed by atoms with E-state index in [9.17, 15) is 24.2 Å². The SMILES string of the molecule is C=CCCCCCCCCCCCCCCCC(=O)OC[C@H](COP(=O)(O)OC[C@@H](O)CO)OC(=O)CCCCCCCCCCC/C=C/CCCCCC. The van der Waals surface area contributed by atoms with E-state index < -0.39 is 51.8 Å². The van der Waals surface area contributed by atoms with Gasteiger partial charge in [0, 0.05) is 12.8 Å². The lowest BCUT2D eigenvalue weighted by Gasteiger charge is -2.20. The number of phosphoric ester groups is 1. The molecule has 1 unspecified atom stereocenters. The Morgan fingerprint density at radius 3 is 1.44 bits per heavy atom. The van der Waals surface area contributed by atoms with Crippen molar-refractivity contribution >= 4 is 19.8 Å². The Morgan fingerprint density at radius 1 is 0.582 bits per heavy atom. The highest BCUT2D eigenvalue weighted by Crippen LogP contribution is 2.43. The van der Waals surface area contributed by atoms with Crippen LogP contribution in [0.2, 0.25) is 0 Å². The van der Waals surface area contributed by atoms with Crippen molar-refractivity contribution in [3.63, 3.8) is 0 Å². The lowest BCUT2D eigenvalue weighted by Crippen LogP contribution is -2.29. The van der Waals surface area contributed by atoms with Gasteiger partial charge in [-0.25, -0.2) is 4.57 Å². The van der Waals surface area contributed by atoms with Crippen LogP contribution in [0.15, 0.2) is 24.8 Å². The second kappa shape index (κ2) is 40.6. The average Bonchev–Trinajstić information content (AvgIpc) is 3.17. The fourth-order valence-corrected chi connectivity index (χ4v) is 7.05. The number of phosphoric acid groups is 1. The minimum atomic E-state index is -4.61. The minimum absolute atomic E-state index is 0.184. The summed E-state index contributed by atoms with van der Waals surface area (Å²) in [7, 11) is -4.61. The van der Waals surface area contributed by atoms with Crippen LogP contribution in [0.3, 0.4) is 0 Å². The first kappa shape index (κ1) is 53.5. The molecule has 10 nitrogen and oxygen atoms in total. The third kappa shape index (κ3) is 40.4. The molecule has 0 aliphatic heterocycles. The van der Waals surface area contributed by atoms with Crippen LogP contribution in [0.4, 0.5) is 0 Å². The maximum Gasteiger partial charge on any atom is 0.472 e. The summed E-state index contributed by atoms with van der Waals surface area (Å²) in [6, 6.07) is 0. The molecule has 0 fully saturated rings. The maximum absolute atomic E-state index is 12.6. The monoisotopic (exact) mass is 803 g/mol. The zero-order valence-corrected chi connectivity index (χ0v) is 35.9. The summed E-state index contributed by atoms with van der Waals surface area (Å²) in [5.41, 5.74) is 0. The molecule has 0 aromatic carbocycles. The number of hydrogen-bond donors (Lipinski definition) is 3. The predicted octanol–water partition coefficient (Wildman–Crippen LogP) is 11.8. The van der Waals surface area contributed by atoms with E-state index in [0.29, 0.717) is 12.8 Å². The Balaban J connectivity index is 4.24. The van der Waals surface area contributed by atoms with Gasteiger partial charge in [-0.15, -0.1) is 6.58 Å². The van der Waals surface area contributed by atoms with Gasteiger partial charge < -0.3 is 24.6 Å². The summed E-state index contributed by atoms with van der Waals surface area (Å²) in [6.07, 6.45) is 38.9. The zero-order chi connectivity index (χ0) is 40.5. The molecular formula is C44H83O10P. The number of carbonyl (C=O) groups is 2. The number of aliphatic hydroxyl groups is 2. The van der Waals surface area contributed by atoms with E-state index in [2.05, 4.69) is 25.7 Å². The van der Waals surface area contributed by atoms with Crippen LogP contribution in [0.5, 0.6) is 0 Å². The maximum atomic E-state index is 12.6. The molecule has 3 N–H and O–H groups in total. The van der Waals surface area contributed by atoms with Crippen LogP contribution in [0, 0.1) is 0 Å². The molecule has 0 aliphatic rings. The number of unbranched alkanes of at least 4 members (excludes halogenated alkanes) is 26. The Bertz CT molecular complexity index is 959. The van der Waals surface area contributed by atoms with Gasteiger partial charge in [0.1, 0.15) is 12.7 Å². The quantitative estimate of drug-likeness (QED) is 0.0235. The van der Waals surface area contributed by atoms with Crippen LogP contribution in [0.25, 0.3) is 0 Å². The minimum Gasteiger partial charge on any atom is -0.462 e. The second-order valence-corrected chi connectivity index (χ2v) is 16.6. The highest BCUT2D eigenvalue weighted by Gasteiger charge is 2.27. The smallest absolute Gasteiger partial charge is 0.462 e. The number of allylic oxidation sites excluding steroid dienone is 3.